The van der Waals surface area contributed by atoms with E-state index in [1.807, 2.05) is 12.1 Å². The van der Waals surface area contributed by atoms with Crippen molar-refractivity contribution < 1.29 is 13.9 Å². The molecule has 3 rings (SSSR count). The highest BCUT2D eigenvalue weighted by Crippen LogP contribution is 2.12. The number of benzene rings is 2. The maximum Gasteiger partial charge on any atom is 0.315 e. The lowest BCUT2D eigenvalue weighted by Gasteiger charge is -2.31. The smallest absolute Gasteiger partial charge is 0.315 e. The molecule has 0 spiro atoms. The molecule has 1 fully saturated rings. The van der Waals surface area contributed by atoms with Crippen molar-refractivity contribution in [3.63, 3.8) is 0 Å². The molecule has 0 aliphatic carbocycles. The van der Waals surface area contributed by atoms with Gasteiger partial charge in [0.1, 0.15) is 5.82 Å². The van der Waals surface area contributed by atoms with E-state index >= 15 is 0 Å². The number of hydrogen-bond acceptors (Lipinski definition) is 3. The fourth-order valence-electron chi connectivity index (χ4n) is 3.19. The fourth-order valence-corrected chi connectivity index (χ4v) is 3.19. The van der Waals surface area contributed by atoms with Crippen molar-refractivity contribution in [3.05, 3.63) is 71.0 Å². The average Bonchev–Trinajstić information content (AvgIpc) is 2.66. The third kappa shape index (κ3) is 6.05. The summed E-state index contributed by atoms with van der Waals surface area (Å²) in [4.78, 5) is 14.3. The van der Waals surface area contributed by atoms with Gasteiger partial charge in [-0.3, -0.25) is 4.90 Å². The number of rotatable bonds is 6. The van der Waals surface area contributed by atoms with Crippen LogP contribution in [0.4, 0.5) is 9.18 Å². The molecule has 0 radical (unpaired) electrons. The number of urea groups is 1. The number of hydrogen-bond donors (Lipinski definition) is 2. The summed E-state index contributed by atoms with van der Waals surface area (Å²) in [6, 6.07) is 14.3. The van der Waals surface area contributed by atoms with Crippen LogP contribution in [0, 0.1) is 5.82 Å². The summed E-state index contributed by atoms with van der Waals surface area (Å²) in [6.07, 6.45) is 0.266. The van der Waals surface area contributed by atoms with Gasteiger partial charge in [-0.2, -0.15) is 0 Å². The zero-order valence-corrected chi connectivity index (χ0v) is 15.6. The van der Waals surface area contributed by atoms with E-state index in [1.165, 1.54) is 11.6 Å². The number of carbonyl (C=O) groups excluding carboxylic acids is 1. The number of ether oxygens (including phenoxy) is 1. The SMILES string of the molecule is CC1CN(Cc2cccc(CNC(=O)NCc3ccccc3F)c2)CCO1. The maximum atomic E-state index is 13.6. The standard InChI is InChI=1S/C21H26FN3O2/c1-16-14-25(9-10-27-16)15-18-6-4-5-17(11-18)12-23-21(26)24-13-19-7-2-3-8-20(19)22/h2-8,11,16H,9-10,12-15H2,1H3,(H2,23,24,26). The zero-order chi connectivity index (χ0) is 19.1. The van der Waals surface area contributed by atoms with Gasteiger partial charge in [0, 0.05) is 38.3 Å². The van der Waals surface area contributed by atoms with Crippen LogP contribution in [-0.2, 0) is 24.4 Å². The van der Waals surface area contributed by atoms with Crippen LogP contribution < -0.4 is 10.6 Å². The maximum absolute atomic E-state index is 13.6. The van der Waals surface area contributed by atoms with Crippen molar-refractivity contribution in [1.29, 1.82) is 0 Å². The van der Waals surface area contributed by atoms with E-state index in [0.717, 1.165) is 31.8 Å². The first-order valence-corrected chi connectivity index (χ1v) is 9.27. The Labute approximate surface area is 159 Å². The predicted molar refractivity (Wildman–Crippen MR) is 103 cm³/mol. The summed E-state index contributed by atoms with van der Waals surface area (Å²) in [6.45, 7) is 6.19. The monoisotopic (exact) mass is 371 g/mol. The zero-order valence-electron chi connectivity index (χ0n) is 15.6. The molecule has 2 aromatic carbocycles. The van der Waals surface area contributed by atoms with Crippen LogP contribution in [-0.4, -0.2) is 36.7 Å². The molecule has 0 aromatic heterocycles. The fraction of sp³-hybridized carbons (Fsp3) is 0.381. The lowest BCUT2D eigenvalue weighted by atomic mass is 10.1. The molecule has 5 nitrogen and oxygen atoms in total. The predicted octanol–water partition coefficient (Wildman–Crippen LogP) is 3.05. The normalized spacial score (nSPS) is 17.5. The van der Waals surface area contributed by atoms with Gasteiger partial charge in [0.25, 0.3) is 0 Å². The van der Waals surface area contributed by atoms with E-state index in [2.05, 4.69) is 34.6 Å². The Morgan fingerprint density at radius 2 is 1.93 bits per heavy atom. The molecule has 144 valence electrons. The summed E-state index contributed by atoms with van der Waals surface area (Å²) in [5.74, 6) is -0.317. The van der Waals surface area contributed by atoms with Crippen LogP contribution in [0.15, 0.2) is 48.5 Å². The summed E-state index contributed by atoms with van der Waals surface area (Å²) in [5.41, 5.74) is 2.72. The van der Waals surface area contributed by atoms with Crippen molar-refractivity contribution in [2.75, 3.05) is 19.7 Å². The Morgan fingerprint density at radius 1 is 1.15 bits per heavy atom. The van der Waals surface area contributed by atoms with Crippen LogP contribution in [0.1, 0.15) is 23.6 Å². The number of morpholine rings is 1. The first kappa shape index (κ1) is 19.3. The van der Waals surface area contributed by atoms with Gasteiger partial charge >= 0.3 is 6.03 Å². The van der Waals surface area contributed by atoms with Gasteiger partial charge in [-0.1, -0.05) is 42.5 Å². The molecule has 1 heterocycles. The van der Waals surface area contributed by atoms with Crippen molar-refractivity contribution in [1.82, 2.24) is 15.5 Å². The van der Waals surface area contributed by atoms with E-state index in [9.17, 15) is 9.18 Å². The second-order valence-corrected chi connectivity index (χ2v) is 6.86. The van der Waals surface area contributed by atoms with Crippen LogP contribution in [0.5, 0.6) is 0 Å². The Kier molecular flexibility index (Phi) is 6.79. The van der Waals surface area contributed by atoms with Crippen molar-refractivity contribution in [2.45, 2.75) is 32.7 Å². The van der Waals surface area contributed by atoms with Gasteiger partial charge in [-0.15, -0.1) is 0 Å². The number of halogens is 1. The van der Waals surface area contributed by atoms with E-state index in [1.54, 1.807) is 18.2 Å². The highest BCUT2D eigenvalue weighted by atomic mass is 19.1. The third-order valence-electron chi connectivity index (χ3n) is 4.57. The minimum absolute atomic E-state index is 0.160. The molecule has 1 aliphatic heterocycles. The summed E-state index contributed by atoms with van der Waals surface area (Å²) >= 11 is 0. The Balaban J connectivity index is 1.46. The van der Waals surface area contributed by atoms with Gasteiger partial charge in [0.15, 0.2) is 0 Å². The minimum Gasteiger partial charge on any atom is -0.376 e. The van der Waals surface area contributed by atoms with E-state index in [0.29, 0.717) is 12.1 Å². The molecule has 1 aliphatic rings. The van der Waals surface area contributed by atoms with Gasteiger partial charge in [-0.05, 0) is 24.1 Å². The largest absolute Gasteiger partial charge is 0.376 e. The van der Waals surface area contributed by atoms with E-state index in [-0.39, 0.29) is 24.5 Å². The number of carbonyl (C=O) groups is 1. The molecular weight excluding hydrogens is 345 g/mol. The van der Waals surface area contributed by atoms with Gasteiger partial charge in [0.2, 0.25) is 0 Å². The lowest BCUT2D eigenvalue weighted by Crippen LogP contribution is -2.40. The highest BCUT2D eigenvalue weighted by molar-refractivity contribution is 5.73. The molecule has 6 heteroatoms. The minimum atomic E-state index is -0.317. The second-order valence-electron chi connectivity index (χ2n) is 6.86. The van der Waals surface area contributed by atoms with E-state index in [4.69, 9.17) is 4.74 Å². The molecule has 2 aromatic rings. The number of nitrogens with zero attached hydrogens (tertiary/aromatic N) is 1. The quantitative estimate of drug-likeness (QED) is 0.821. The van der Waals surface area contributed by atoms with Crippen LogP contribution >= 0.6 is 0 Å². The van der Waals surface area contributed by atoms with Crippen LogP contribution in [0.25, 0.3) is 0 Å². The Hall–Kier alpha value is -2.44. The third-order valence-corrected chi connectivity index (χ3v) is 4.57. The molecule has 1 unspecified atom stereocenters. The molecule has 2 N–H and O–H groups in total. The first-order valence-electron chi connectivity index (χ1n) is 9.27. The molecule has 27 heavy (non-hydrogen) atoms. The molecule has 0 bridgehead atoms. The molecule has 0 saturated carbocycles. The second kappa shape index (κ2) is 9.48. The Bertz CT molecular complexity index is 769. The number of amides is 2. The Morgan fingerprint density at radius 3 is 2.74 bits per heavy atom. The first-order chi connectivity index (χ1) is 13.1. The molecule has 2 amide bonds. The summed E-state index contributed by atoms with van der Waals surface area (Å²) < 4.78 is 19.1. The number of nitrogens with one attached hydrogen (secondary N) is 2. The van der Waals surface area contributed by atoms with Gasteiger partial charge in [0.05, 0.1) is 12.7 Å². The van der Waals surface area contributed by atoms with Crippen molar-refractivity contribution in [3.8, 4) is 0 Å². The molecule has 1 atom stereocenters. The van der Waals surface area contributed by atoms with Gasteiger partial charge in [-0.25, -0.2) is 9.18 Å². The summed E-state index contributed by atoms with van der Waals surface area (Å²) in [7, 11) is 0. The molecular formula is C21H26FN3O2. The van der Waals surface area contributed by atoms with Crippen LogP contribution in [0.2, 0.25) is 0 Å². The molecule has 1 saturated heterocycles. The lowest BCUT2D eigenvalue weighted by molar-refractivity contribution is -0.0212. The van der Waals surface area contributed by atoms with Gasteiger partial charge < -0.3 is 15.4 Å². The summed E-state index contributed by atoms with van der Waals surface area (Å²) in [5, 5.41) is 5.50. The van der Waals surface area contributed by atoms with Crippen molar-refractivity contribution >= 4 is 6.03 Å². The average molecular weight is 371 g/mol. The van der Waals surface area contributed by atoms with Crippen molar-refractivity contribution in [2.24, 2.45) is 0 Å². The topological polar surface area (TPSA) is 53.6 Å². The van der Waals surface area contributed by atoms with Crippen LogP contribution in [0.3, 0.4) is 0 Å². The highest BCUT2D eigenvalue weighted by Gasteiger charge is 2.16. The van der Waals surface area contributed by atoms with E-state index < -0.39 is 0 Å².